The third-order valence-electron chi connectivity index (χ3n) is 9.00. The van der Waals surface area contributed by atoms with Crippen molar-refractivity contribution in [1.82, 2.24) is 0 Å². The van der Waals surface area contributed by atoms with Gasteiger partial charge in [-0.25, -0.2) is 4.57 Å². The molecule has 0 spiro atoms. The van der Waals surface area contributed by atoms with Crippen molar-refractivity contribution < 1.29 is 37.6 Å². The average molecular weight is 770 g/mol. The summed E-state index contributed by atoms with van der Waals surface area (Å²) in [6, 6.07) is 0. The quantitative estimate of drug-likeness (QED) is 0.0270. The highest BCUT2D eigenvalue weighted by Gasteiger charge is 2.26. The molecule has 9 nitrogen and oxygen atoms in total. The Bertz CT molecular complexity index is 970. The highest BCUT2D eigenvalue weighted by Crippen LogP contribution is 2.43. The standard InChI is InChI=1S/C43H80NO8P/c1-3-5-7-9-11-13-15-17-19-20-22-23-25-27-29-31-33-35-42(45)49-39-41(40-51-53(47,48)50-38-37-44)52-43(46)36-34-32-30-28-26-24-21-18-16-14-12-10-8-6-4-2/h11,13,17-19,21,41H,3-10,12,14-16,20,22-40,44H2,1-2H3,(H,47,48). The fourth-order valence-corrected chi connectivity index (χ4v) is 6.54. The van der Waals surface area contributed by atoms with Crippen LogP contribution in [-0.2, 0) is 32.7 Å². The Balaban J connectivity index is 4.18. The first-order valence-electron chi connectivity index (χ1n) is 21.5. The van der Waals surface area contributed by atoms with Gasteiger partial charge in [0.2, 0.25) is 0 Å². The van der Waals surface area contributed by atoms with E-state index in [0.29, 0.717) is 6.42 Å². The van der Waals surface area contributed by atoms with E-state index in [1.165, 1.54) is 89.9 Å². The Morgan fingerprint density at radius 3 is 1.49 bits per heavy atom. The van der Waals surface area contributed by atoms with Crippen molar-refractivity contribution in [3.8, 4) is 0 Å². The van der Waals surface area contributed by atoms with Crippen LogP contribution in [0.15, 0.2) is 36.5 Å². The van der Waals surface area contributed by atoms with Gasteiger partial charge in [-0.1, -0.05) is 147 Å². The molecule has 0 saturated carbocycles. The van der Waals surface area contributed by atoms with E-state index in [4.69, 9.17) is 24.3 Å². The summed E-state index contributed by atoms with van der Waals surface area (Å²) in [5.41, 5.74) is 5.34. The Morgan fingerprint density at radius 1 is 0.566 bits per heavy atom. The van der Waals surface area contributed by atoms with Crippen LogP contribution in [0.3, 0.4) is 0 Å². The molecule has 0 aromatic carbocycles. The first-order chi connectivity index (χ1) is 25.8. The number of hydrogen-bond donors (Lipinski definition) is 2. The van der Waals surface area contributed by atoms with Gasteiger partial charge < -0.3 is 20.1 Å². The zero-order valence-corrected chi connectivity index (χ0v) is 34.9. The number of esters is 2. The maximum absolute atomic E-state index is 12.6. The van der Waals surface area contributed by atoms with E-state index in [1.54, 1.807) is 0 Å². The molecule has 310 valence electrons. The van der Waals surface area contributed by atoms with Gasteiger partial charge in [0.05, 0.1) is 13.2 Å². The summed E-state index contributed by atoms with van der Waals surface area (Å²) in [4.78, 5) is 34.8. The van der Waals surface area contributed by atoms with E-state index in [1.807, 2.05) is 0 Å². The van der Waals surface area contributed by atoms with Gasteiger partial charge in [-0.15, -0.1) is 0 Å². The van der Waals surface area contributed by atoms with Gasteiger partial charge in [0.15, 0.2) is 6.10 Å². The fraction of sp³-hybridized carbons (Fsp3) is 0.814. The number of nitrogens with two attached hydrogens (primary N) is 1. The number of ether oxygens (including phenoxy) is 2. The monoisotopic (exact) mass is 770 g/mol. The van der Waals surface area contributed by atoms with E-state index in [-0.39, 0.29) is 32.6 Å². The number of carbonyl (C=O) groups excluding carboxylic acids is 2. The number of phosphoric ester groups is 1. The Kier molecular flexibility index (Phi) is 38.6. The van der Waals surface area contributed by atoms with Gasteiger partial charge in [-0.3, -0.25) is 18.6 Å². The van der Waals surface area contributed by atoms with E-state index in [2.05, 4.69) is 50.3 Å². The van der Waals surface area contributed by atoms with Crippen molar-refractivity contribution in [2.24, 2.45) is 5.73 Å². The molecule has 0 bridgehead atoms. The Hall–Kier alpha value is -1.77. The molecule has 3 N–H and O–H groups in total. The van der Waals surface area contributed by atoms with Gasteiger partial charge >= 0.3 is 19.8 Å². The molecule has 2 unspecified atom stereocenters. The number of carbonyl (C=O) groups is 2. The number of allylic oxidation sites excluding steroid dienone is 6. The first-order valence-corrected chi connectivity index (χ1v) is 23.0. The second-order valence-corrected chi connectivity index (χ2v) is 15.7. The summed E-state index contributed by atoms with van der Waals surface area (Å²) in [7, 11) is -4.38. The number of hydrogen-bond acceptors (Lipinski definition) is 8. The van der Waals surface area contributed by atoms with Gasteiger partial charge in [-0.2, -0.15) is 0 Å². The largest absolute Gasteiger partial charge is 0.472 e. The molecule has 2 atom stereocenters. The van der Waals surface area contributed by atoms with Crippen LogP contribution in [0.25, 0.3) is 0 Å². The highest BCUT2D eigenvalue weighted by atomic mass is 31.2. The first kappa shape index (κ1) is 51.2. The third-order valence-corrected chi connectivity index (χ3v) is 9.98. The van der Waals surface area contributed by atoms with Gasteiger partial charge in [0, 0.05) is 19.4 Å². The molecule has 0 rings (SSSR count). The SMILES string of the molecule is CCCCCC=CCC=CCCCCCCCCCC(=O)OCC(COP(=O)(O)OCCN)OC(=O)CCCCCCCC=CCCCCCCCC. The zero-order chi connectivity index (χ0) is 38.9. The fourth-order valence-electron chi connectivity index (χ4n) is 5.78. The molecular weight excluding hydrogens is 689 g/mol. The minimum atomic E-state index is -4.38. The van der Waals surface area contributed by atoms with Crippen molar-refractivity contribution in [2.45, 2.75) is 200 Å². The molecule has 0 aromatic heterocycles. The lowest BCUT2D eigenvalue weighted by molar-refractivity contribution is -0.161. The Morgan fingerprint density at radius 2 is 0.981 bits per heavy atom. The minimum Gasteiger partial charge on any atom is -0.462 e. The maximum Gasteiger partial charge on any atom is 0.472 e. The van der Waals surface area contributed by atoms with Crippen LogP contribution in [-0.4, -0.2) is 49.3 Å². The molecular formula is C43H80NO8P. The number of phosphoric acid groups is 1. The molecule has 0 aromatic rings. The van der Waals surface area contributed by atoms with Gasteiger partial charge in [0.1, 0.15) is 6.61 Å². The van der Waals surface area contributed by atoms with E-state index in [9.17, 15) is 19.0 Å². The molecule has 0 fully saturated rings. The molecule has 0 aliphatic heterocycles. The lowest BCUT2D eigenvalue weighted by atomic mass is 10.1. The number of unbranched alkanes of at least 4 members (excludes halogenated alkanes) is 21. The average Bonchev–Trinajstić information content (AvgIpc) is 3.14. The van der Waals surface area contributed by atoms with E-state index < -0.39 is 32.5 Å². The predicted octanol–water partition coefficient (Wildman–Crippen LogP) is 12.2. The smallest absolute Gasteiger partial charge is 0.462 e. The van der Waals surface area contributed by atoms with Gasteiger partial charge in [-0.05, 0) is 70.6 Å². The molecule has 0 amide bonds. The number of rotatable bonds is 40. The molecule has 0 radical (unpaired) electrons. The molecule has 10 heteroatoms. The second-order valence-electron chi connectivity index (χ2n) is 14.2. The van der Waals surface area contributed by atoms with Crippen molar-refractivity contribution in [1.29, 1.82) is 0 Å². The molecule has 0 aliphatic rings. The highest BCUT2D eigenvalue weighted by molar-refractivity contribution is 7.47. The van der Waals surface area contributed by atoms with Crippen molar-refractivity contribution in [3.63, 3.8) is 0 Å². The Labute approximate surface area is 324 Å². The van der Waals surface area contributed by atoms with Crippen LogP contribution in [0.1, 0.15) is 194 Å². The molecule has 0 saturated heterocycles. The van der Waals surface area contributed by atoms with Crippen LogP contribution in [0, 0.1) is 0 Å². The van der Waals surface area contributed by atoms with Crippen molar-refractivity contribution in [2.75, 3.05) is 26.4 Å². The summed E-state index contributed by atoms with van der Waals surface area (Å²) in [5, 5.41) is 0. The normalized spacial score (nSPS) is 13.7. The summed E-state index contributed by atoms with van der Waals surface area (Å²) < 4.78 is 32.7. The van der Waals surface area contributed by atoms with E-state index >= 15 is 0 Å². The van der Waals surface area contributed by atoms with Gasteiger partial charge in [0.25, 0.3) is 0 Å². The van der Waals surface area contributed by atoms with Crippen LogP contribution < -0.4 is 5.73 Å². The summed E-state index contributed by atoms with van der Waals surface area (Å²) >= 11 is 0. The summed E-state index contributed by atoms with van der Waals surface area (Å²) in [6.07, 6.45) is 43.1. The summed E-state index contributed by atoms with van der Waals surface area (Å²) in [6.45, 7) is 3.69. The molecule has 53 heavy (non-hydrogen) atoms. The zero-order valence-electron chi connectivity index (χ0n) is 34.0. The van der Waals surface area contributed by atoms with Crippen LogP contribution in [0.5, 0.6) is 0 Å². The van der Waals surface area contributed by atoms with Crippen molar-refractivity contribution in [3.05, 3.63) is 36.5 Å². The topological polar surface area (TPSA) is 134 Å². The van der Waals surface area contributed by atoms with Crippen LogP contribution in [0.2, 0.25) is 0 Å². The van der Waals surface area contributed by atoms with E-state index in [0.717, 1.165) is 70.6 Å². The minimum absolute atomic E-state index is 0.0507. The summed E-state index contributed by atoms with van der Waals surface area (Å²) in [5.74, 6) is -0.846. The van der Waals surface area contributed by atoms with Crippen molar-refractivity contribution >= 4 is 19.8 Å². The maximum atomic E-state index is 12.6. The predicted molar refractivity (Wildman–Crippen MR) is 220 cm³/mol. The lowest BCUT2D eigenvalue weighted by Gasteiger charge is -2.19. The van der Waals surface area contributed by atoms with Crippen LogP contribution in [0.4, 0.5) is 0 Å². The second kappa shape index (κ2) is 39.9. The lowest BCUT2D eigenvalue weighted by Crippen LogP contribution is -2.29. The third kappa shape index (κ3) is 39.7. The molecule has 0 heterocycles. The molecule has 0 aliphatic carbocycles. The van der Waals surface area contributed by atoms with Crippen LogP contribution >= 0.6 is 7.82 Å².